The van der Waals surface area contributed by atoms with Crippen LogP contribution >= 0.6 is 11.6 Å². The fourth-order valence-electron chi connectivity index (χ4n) is 2.83. The lowest BCUT2D eigenvalue weighted by molar-refractivity contribution is -0.118. The van der Waals surface area contributed by atoms with E-state index in [-0.39, 0.29) is 5.91 Å². The molecule has 0 fully saturated rings. The first-order valence-corrected chi connectivity index (χ1v) is 7.87. The number of fused-ring (bicyclic) bond motifs is 1. The highest BCUT2D eigenvalue weighted by Crippen LogP contribution is 2.36. The fourth-order valence-corrected chi connectivity index (χ4v) is 2.96. The van der Waals surface area contributed by atoms with Crippen LogP contribution in [0.3, 0.4) is 0 Å². The van der Waals surface area contributed by atoms with E-state index in [1.165, 1.54) is 0 Å². The van der Waals surface area contributed by atoms with Crippen molar-refractivity contribution in [1.29, 1.82) is 0 Å². The van der Waals surface area contributed by atoms with E-state index in [0.717, 1.165) is 16.8 Å². The summed E-state index contributed by atoms with van der Waals surface area (Å²) in [6.45, 7) is 0.507. The lowest BCUT2D eigenvalue weighted by Gasteiger charge is -2.32. The van der Waals surface area contributed by atoms with E-state index in [1.54, 1.807) is 36.3 Å². The van der Waals surface area contributed by atoms with Gasteiger partial charge in [-0.3, -0.25) is 4.79 Å². The van der Waals surface area contributed by atoms with Gasteiger partial charge in [0.05, 0.1) is 19.6 Å². The van der Waals surface area contributed by atoms with Crippen LogP contribution in [0.5, 0.6) is 5.75 Å². The third kappa shape index (κ3) is 3.33. The van der Waals surface area contributed by atoms with E-state index in [1.807, 2.05) is 18.2 Å². The lowest BCUT2D eigenvalue weighted by atomic mass is 9.97. The SMILES string of the molecule is COc1ccc2c(c1)C(O)CCN2C(=O)Cc1ccc(Cl)cc1. The Kier molecular flexibility index (Phi) is 4.55. The minimum atomic E-state index is -0.570. The monoisotopic (exact) mass is 331 g/mol. The summed E-state index contributed by atoms with van der Waals surface area (Å²) < 4.78 is 5.20. The number of amides is 1. The predicted octanol–water partition coefficient (Wildman–Crippen LogP) is 3.36. The molecule has 1 N–H and O–H groups in total. The van der Waals surface area contributed by atoms with E-state index in [2.05, 4.69) is 0 Å². The number of aliphatic hydroxyl groups is 1. The summed E-state index contributed by atoms with van der Waals surface area (Å²) in [7, 11) is 1.58. The van der Waals surface area contributed by atoms with Gasteiger partial charge in [-0.1, -0.05) is 23.7 Å². The molecule has 2 aromatic rings. The van der Waals surface area contributed by atoms with Gasteiger partial charge in [-0.2, -0.15) is 0 Å². The summed E-state index contributed by atoms with van der Waals surface area (Å²) in [6, 6.07) is 12.7. The van der Waals surface area contributed by atoms with Crippen molar-refractivity contribution in [3.63, 3.8) is 0 Å². The Hall–Kier alpha value is -2.04. The summed E-state index contributed by atoms with van der Waals surface area (Å²) in [6.07, 6.45) is 0.255. The highest BCUT2D eigenvalue weighted by atomic mass is 35.5. The van der Waals surface area contributed by atoms with E-state index in [0.29, 0.717) is 30.2 Å². The third-order valence-electron chi connectivity index (χ3n) is 4.08. The molecule has 5 heteroatoms. The van der Waals surface area contributed by atoms with E-state index in [9.17, 15) is 9.90 Å². The zero-order chi connectivity index (χ0) is 16.4. The molecule has 120 valence electrons. The standard InChI is InChI=1S/C18H18ClNO3/c1-23-14-6-7-16-15(11-14)17(21)8-9-20(16)18(22)10-12-2-4-13(19)5-3-12/h2-7,11,17,21H,8-10H2,1H3. The molecule has 3 rings (SSSR count). The highest BCUT2D eigenvalue weighted by molar-refractivity contribution is 6.30. The van der Waals surface area contributed by atoms with E-state index in [4.69, 9.17) is 16.3 Å². The Morgan fingerprint density at radius 2 is 2.04 bits per heavy atom. The number of hydrogen-bond acceptors (Lipinski definition) is 3. The molecule has 1 aliphatic heterocycles. The maximum absolute atomic E-state index is 12.7. The maximum Gasteiger partial charge on any atom is 0.231 e. The van der Waals surface area contributed by atoms with Crippen molar-refractivity contribution < 1.29 is 14.6 Å². The molecule has 0 radical (unpaired) electrons. The molecule has 0 saturated carbocycles. The van der Waals surface area contributed by atoms with Gasteiger partial charge in [0, 0.05) is 22.8 Å². The number of aliphatic hydroxyl groups excluding tert-OH is 1. The number of carbonyl (C=O) groups is 1. The summed E-state index contributed by atoms with van der Waals surface area (Å²) in [5, 5.41) is 10.8. The van der Waals surface area contributed by atoms with Crippen molar-refractivity contribution in [1.82, 2.24) is 0 Å². The summed E-state index contributed by atoms with van der Waals surface area (Å²) in [5.74, 6) is 0.681. The molecule has 1 heterocycles. The molecule has 2 aromatic carbocycles. The van der Waals surface area contributed by atoms with Gasteiger partial charge in [-0.05, 0) is 42.3 Å². The Labute approximate surface area is 140 Å². The smallest absolute Gasteiger partial charge is 0.231 e. The van der Waals surface area contributed by atoms with Gasteiger partial charge < -0.3 is 14.7 Å². The van der Waals surface area contributed by atoms with Gasteiger partial charge in [-0.25, -0.2) is 0 Å². The molecule has 1 unspecified atom stereocenters. The van der Waals surface area contributed by atoms with Crippen molar-refractivity contribution in [2.24, 2.45) is 0 Å². The number of rotatable bonds is 3. The Bertz CT molecular complexity index is 715. The predicted molar refractivity (Wildman–Crippen MR) is 90.1 cm³/mol. The fraction of sp³-hybridized carbons (Fsp3) is 0.278. The quantitative estimate of drug-likeness (QED) is 0.938. The molecule has 1 atom stereocenters. The molecule has 0 saturated heterocycles. The molecular formula is C18H18ClNO3. The maximum atomic E-state index is 12.7. The third-order valence-corrected chi connectivity index (χ3v) is 4.33. The van der Waals surface area contributed by atoms with Crippen molar-refractivity contribution in [3.05, 3.63) is 58.6 Å². The van der Waals surface area contributed by atoms with Crippen LogP contribution in [-0.2, 0) is 11.2 Å². The average molecular weight is 332 g/mol. The number of ether oxygens (including phenoxy) is 1. The Morgan fingerprint density at radius 3 is 2.74 bits per heavy atom. The number of benzene rings is 2. The van der Waals surface area contributed by atoms with Crippen LogP contribution in [0.4, 0.5) is 5.69 Å². The summed E-state index contributed by atoms with van der Waals surface area (Å²) >= 11 is 5.87. The molecule has 0 aromatic heterocycles. The second kappa shape index (κ2) is 6.60. The first kappa shape index (κ1) is 15.8. The van der Waals surface area contributed by atoms with Gasteiger partial charge in [0.2, 0.25) is 5.91 Å². The van der Waals surface area contributed by atoms with E-state index < -0.39 is 6.10 Å². The normalized spacial score (nSPS) is 16.8. The second-order valence-electron chi connectivity index (χ2n) is 5.58. The highest BCUT2D eigenvalue weighted by Gasteiger charge is 2.27. The van der Waals surface area contributed by atoms with Crippen LogP contribution in [0.1, 0.15) is 23.7 Å². The van der Waals surface area contributed by atoms with Gasteiger partial charge in [0.15, 0.2) is 0 Å². The van der Waals surface area contributed by atoms with Crippen molar-refractivity contribution in [2.75, 3.05) is 18.6 Å². The topological polar surface area (TPSA) is 49.8 Å². The molecular weight excluding hydrogens is 314 g/mol. The number of methoxy groups -OCH3 is 1. The zero-order valence-electron chi connectivity index (χ0n) is 12.8. The Balaban J connectivity index is 1.85. The second-order valence-corrected chi connectivity index (χ2v) is 6.01. The van der Waals surface area contributed by atoms with Crippen LogP contribution in [0, 0.1) is 0 Å². The molecule has 1 aliphatic rings. The first-order valence-electron chi connectivity index (χ1n) is 7.49. The molecule has 0 bridgehead atoms. The molecule has 23 heavy (non-hydrogen) atoms. The van der Waals surface area contributed by atoms with Crippen LogP contribution in [0.25, 0.3) is 0 Å². The number of carbonyl (C=O) groups excluding carboxylic acids is 1. The molecule has 0 aliphatic carbocycles. The van der Waals surface area contributed by atoms with Crippen molar-refractivity contribution >= 4 is 23.2 Å². The van der Waals surface area contributed by atoms with Gasteiger partial charge in [0.25, 0.3) is 0 Å². The molecule has 1 amide bonds. The van der Waals surface area contributed by atoms with Gasteiger partial charge >= 0.3 is 0 Å². The average Bonchev–Trinajstić information content (AvgIpc) is 2.57. The van der Waals surface area contributed by atoms with Crippen molar-refractivity contribution in [3.8, 4) is 5.75 Å². The Morgan fingerprint density at radius 1 is 1.30 bits per heavy atom. The lowest BCUT2D eigenvalue weighted by Crippen LogP contribution is -2.37. The summed E-state index contributed by atoms with van der Waals surface area (Å²) in [5.41, 5.74) is 2.41. The van der Waals surface area contributed by atoms with Crippen LogP contribution in [0.2, 0.25) is 5.02 Å². The van der Waals surface area contributed by atoms with E-state index >= 15 is 0 Å². The van der Waals surface area contributed by atoms with Gasteiger partial charge in [-0.15, -0.1) is 0 Å². The van der Waals surface area contributed by atoms with Crippen LogP contribution < -0.4 is 9.64 Å². The summed E-state index contributed by atoms with van der Waals surface area (Å²) in [4.78, 5) is 14.4. The molecule has 4 nitrogen and oxygen atoms in total. The zero-order valence-corrected chi connectivity index (χ0v) is 13.6. The minimum absolute atomic E-state index is 0.00522. The minimum Gasteiger partial charge on any atom is -0.497 e. The number of anilines is 1. The number of nitrogens with zero attached hydrogens (tertiary/aromatic N) is 1. The molecule has 0 spiro atoms. The number of halogens is 1. The first-order chi connectivity index (χ1) is 11.1. The van der Waals surface area contributed by atoms with Crippen molar-refractivity contribution in [2.45, 2.75) is 18.9 Å². The van der Waals surface area contributed by atoms with Gasteiger partial charge in [0.1, 0.15) is 5.75 Å². The van der Waals surface area contributed by atoms with Crippen LogP contribution in [-0.4, -0.2) is 24.7 Å². The largest absolute Gasteiger partial charge is 0.497 e. The van der Waals surface area contributed by atoms with Crippen LogP contribution in [0.15, 0.2) is 42.5 Å². The number of hydrogen-bond donors (Lipinski definition) is 1.